The third-order valence-electron chi connectivity index (χ3n) is 5.79. The molecule has 1 N–H and O–H groups in total. The van der Waals surface area contributed by atoms with E-state index in [0.717, 1.165) is 48.2 Å². The van der Waals surface area contributed by atoms with Crippen LogP contribution < -0.4 is 5.32 Å². The average Bonchev–Trinajstić information content (AvgIpc) is 3.50. The van der Waals surface area contributed by atoms with Gasteiger partial charge in [-0.05, 0) is 67.5 Å². The van der Waals surface area contributed by atoms with Gasteiger partial charge < -0.3 is 19.5 Å². The number of pyridine rings is 1. The summed E-state index contributed by atoms with van der Waals surface area (Å²) in [6.45, 7) is 1.59. The number of hydrogen-bond acceptors (Lipinski definition) is 3. The first-order valence-electron chi connectivity index (χ1n) is 10.2. The van der Waals surface area contributed by atoms with Crippen LogP contribution in [0.25, 0.3) is 5.69 Å². The molecule has 30 heavy (non-hydrogen) atoms. The van der Waals surface area contributed by atoms with Crippen molar-refractivity contribution in [1.82, 2.24) is 19.8 Å². The monoisotopic (exact) mass is 438 g/mol. The standard InChI is InChI=1S/C23H23ClN4OS/c24-16-6-3-7-17(14-16)27-12-4-10-20(27)22-21(19-9-1-2-11-25-19)26-23(30)28(22)15-18-8-5-13-29-18/h1-4,6-7,9-12,14,18,21-22H,5,8,13,15H2,(H,26,30)/t18-,21-,22-/m0/s1. The summed E-state index contributed by atoms with van der Waals surface area (Å²) in [5.74, 6) is 0. The Hall–Kier alpha value is -2.41. The van der Waals surface area contributed by atoms with Crippen molar-refractivity contribution in [3.63, 3.8) is 0 Å². The Kier molecular flexibility index (Phi) is 5.46. The van der Waals surface area contributed by atoms with Crippen LogP contribution in [0.15, 0.2) is 67.0 Å². The van der Waals surface area contributed by atoms with Gasteiger partial charge in [0.05, 0.1) is 23.9 Å². The number of aromatic nitrogens is 2. The van der Waals surface area contributed by atoms with Crippen molar-refractivity contribution in [1.29, 1.82) is 0 Å². The quantitative estimate of drug-likeness (QED) is 0.586. The maximum Gasteiger partial charge on any atom is 0.170 e. The van der Waals surface area contributed by atoms with E-state index in [1.54, 1.807) is 0 Å². The van der Waals surface area contributed by atoms with Crippen LogP contribution in [-0.2, 0) is 4.74 Å². The molecule has 0 radical (unpaired) electrons. The second kappa shape index (κ2) is 8.38. The van der Waals surface area contributed by atoms with Gasteiger partial charge >= 0.3 is 0 Å². The second-order valence-electron chi connectivity index (χ2n) is 7.70. The molecule has 0 amide bonds. The summed E-state index contributed by atoms with van der Waals surface area (Å²) >= 11 is 12.1. The van der Waals surface area contributed by atoms with Gasteiger partial charge in [-0.15, -0.1) is 0 Å². The van der Waals surface area contributed by atoms with Gasteiger partial charge in [-0.3, -0.25) is 4.98 Å². The lowest BCUT2D eigenvalue weighted by atomic mass is 10.0. The summed E-state index contributed by atoms with van der Waals surface area (Å²) in [7, 11) is 0. The van der Waals surface area contributed by atoms with Gasteiger partial charge in [-0.2, -0.15) is 0 Å². The van der Waals surface area contributed by atoms with Crippen LogP contribution >= 0.6 is 23.8 Å². The van der Waals surface area contributed by atoms with Gasteiger partial charge in [-0.25, -0.2) is 0 Å². The van der Waals surface area contributed by atoms with Crippen molar-refractivity contribution in [3.05, 3.63) is 83.4 Å². The highest BCUT2D eigenvalue weighted by molar-refractivity contribution is 7.80. The first-order valence-corrected chi connectivity index (χ1v) is 11.0. The van der Waals surface area contributed by atoms with E-state index in [1.807, 2.05) is 36.5 Å². The first-order chi connectivity index (χ1) is 14.7. The molecule has 154 valence electrons. The zero-order chi connectivity index (χ0) is 20.5. The van der Waals surface area contributed by atoms with Crippen molar-refractivity contribution in [2.45, 2.75) is 31.0 Å². The van der Waals surface area contributed by atoms with Gasteiger partial charge in [0.1, 0.15) is 0 Å². The Morgan fingerprint density at radius 2 is 2.10 bits per heavy atom. The van der Waals surface area contributed by atoms with Crippen molar-refractivity contribution in [2.75, 3.05) is 13.2 Å². The van der Waals surface area contributed by atoms with Gasteiger partial charge in [0, 0.05) is 41.9 Å². The predicted octanol–water partition coefficient (Wildman–Crippen LogP) is 4.68. The Balaban J connectivity index is 1.57. The van der Waals surface area contributed by atoms with Gasteiger partial charge in [0.25, 0.3) is 0 Å². The molecular formula is C23H23ClN4OS. The third-order valence-corrected chi connectivity index (χ3v) is 6.38. The maximum atomic E-state index is 6.28. The number of hydrogen-bond donors (Lipinski definition) is 1. The van der Waals surface area contributed by atoms with Crippen molar-refractivity contribution < 1.29 is 4.74 Å². The van der Waals surface area contributed by atoms with Crippen LogP contribution in [0.4, 0.5) is 0 Å². The van der Waals surface area contributed by atoms with Crippen molar-refractivity contribution in [3.8, 4) is 5.69 Å². The topological polar surface area (TPSA) is 42.3 Å². The highest BCUT2D eigenvalue weighted by atomic mass is 35.5. The third kappa shape index (κ3) is 3.71. The predicted molar refractivity (Wildman–Crippen MR) is 122 cm³/mol. The molecule has 4 heterocycles. The fraction of sp³-hybridized carbons (Fsp3) is 0.304. The summed E-state index contributed by atoms with van der Waals surface area (Å²) in [5.41, 5.74) is 3.13. The fourth-order valence-corrected chi connectivity index (χ4v) is 4.93. The molecule has 7 heteroatoms. The summed E-state index contributed by atoms with van der Waals surface area (Å²) in [4.78, 5) is 6.89. The van der Waals surface area contributed by atoms with Gasteiger partial charge in [0.2, 0.25) is 0 Å². The first kappa shape index (κ1) is 19.5. The van der Waals surface area contributed by atoms with Gasteiger partial charge in [-0.1, -0.05) is 23.7 Å². The minimum Gasteiger partial charge on any atom is -0.376 e. The highest BCUT2D eigenvalue weighted by Crippen LogP contribution is 2.40. The molecule has 1 aromatic carbocycles. The van der Waals surface area contributed by atoms with E-state index in [4.69, 9.17) is 28.6 Å². The van der Waals surface area contributed by atoms with E-state index in [2.05, 4.69) is 50.2 Å². The summed E-state index contributed by atoms with van der Waals surface area (Å²) < 4.78 is 8.12. The Morgan fingerprint density at radius 1 is 1.17 bits per heavy atom. The van der Waals surface area contributed by atoms with E-state index in [9.17, 15) is 0 Å². The molecule has 2 aromatic heterocycles. The Bertz CT molecular complexity index is 1030. The highest BCUT2D eigenvalue weighted by Gasteiger charge is 2.42. The molecule has 2 saturated heterocycles. The molecule has 3 atom stereocenters. The molecular weight excluding hydrogens is 416 g/mol. The molecule has 2 aliphatic rings. The molecule has 0 unspecified atom stereocenters. The van der Waals surface area contributed by atoms with Crippen LogP contribution in [0.2, 0.25) is 5.02 Å². The number of benzene rings is 1. The van der Waals surface area contributed by atoms with Crippen LogP contribution in [0.5, 0.6) is 0 Å². The van der Waals surface area contributed by atoms with E-state index in [1.165, 1.54) is 0 Å². The Morgan fingerprint density at radius 3 is 2.87 bits per heavy atom. The summed E-state index contributed by atoms with van der Waals surface area (Å²) in [6, 6.07) is 18.1. The maximum absolute atomic E-state index is 6.28. The molecule has 0 aliphatic carbocycles. The molecule has 0 saturated carbocycles. The lowest BCUT2D eigenvalue weighted by Crippen LogP contribution is -2.36. The second-order valence-corrected chi connectivity index (χ2v) is 8.52. The number of ether oxygens (including phenoxy) is 1. The molecule has 5 nitrogen and oxygen atoms in total. The van der Waals surface area contributed by atoms with E-state index >= 15 is 0 Å². The minimum atomic E-state index is -0.0482. The average molecular weight is 439 g/mol. The largest absolute Gasteiger partial charge is 0.376 e. The molecule has 3 aromatic rings. The smallest absolute Gasteiger partial charge is 0.170 e. The van der Waals surface area contributed by atoms with Crippen LogP contribution in [0.1, 0.15) is 36.3 Å². The lowest BCUT2D eigenvalue weighted by molar-refractivity contribution is 0.0836. The van der Waals surface area contributed by atoms with Crippen LogP contribution in [0.3, 0.4) is 0 Å². The molecule has 0 spiro atoms. The van der Waals surface area contributed by atoms with Crippen LogP contribution in [-0.4, -0.2) is 38.8 Å². The normalized spacial score (nSPS) is 23.7. The van der Waals surface area contributed by atoms with Crippen molar-refractivity contribution >= 4 is 28.9 Å². The fourth-order valence-electron chi connectivity index (χ4n) is 4.43. The van der Waals surface area contributed by atoms with E-state index < -0.39 is 0 Å². The van der Waals surface area contributed by atoms with E-state index in [-0.39, 0.29) is 18.2 Å². The van der Waals surface area contributed by atoms with E-state index in [0.29, 0.717) is 5.02 Å². The summed E-state index contributed by atoms with van der Waals surface area (Å²) in [5, 5.41) is 4.98. The minimum absolute atomic E-state index is 0.00872. The number of halogens is 1. The molecule has 2 aliphatic heterocycles. The van der Waals surface area contributed by atoms with Gasteiger partial charge in [0.15, 0.2) is 5.11 Å². The molecule has 0 bridgehead atoms. The summed E-state index contributed by atoms with van der Waals surface area (Å²) in [6.07, 6.45) is 6.27. The SMILES string of the molecule is S=C1N[C@@H](c2ccccn2)[C@H](c2cccn2-c2cccc(Cl)c2)N1C[C@@H]1CCCO1. The lowest BCUT2D eigenvalue weighted by Gasteiger charge is -2.30. The Labute approximate surface area is 186 Å². The zero-order valence-corrected chi connectivity index (χ0v) is 18.0. The number of nitrogens with one attached hydrogen (secondary N) is 1. The number of nitrogens with zero attached hydrogens (tertiary/aromatic N) is 3. The number of thiocarbonyl (C=S) groups is 1. The zero-order valence-electron chi connectivity index (χ0n) is 16.4. The number of rotatable bonds is 5. The van der Waals surface area contributed by atoms with Crippen LogP contribution in [0, 0.1) is 0 Å². The molecule has 5 rings (SSSR count). The van der Waals surface area contributed by atoms with Crippen molar-refractivity contribution in [2.24, 2.45) is 0 Å². The molecule has 2 fully saturated rings.